The van der Waals surface area contributed by atoms with Crippen LogP contribution in [0.15, 0.2) is 24.3 Å². The molecule has 2 aromatic rings. The second kappa shape index (κ2) is 5.13. The van der Waals surface area contributed by atoms with Crippen LogP contribution < -0.4 is 0 Å². The summed E-state index contributed by atoms with van der Waals surface area (Å²) in [5.74, 6) is 0.686. The predicted molar refractivity (Wildman–Crippen MR) is 80.0 cm³/mol. The largest absolute Gasteiger partial charge is 0.346 e. The van der Waals surface area contributed by atoms with Crippen LogP contribution in [0.5, 0.6) is 0 Å². The fraction of sp³-hybridized carbons (Fsp3) is 0.562. The Labute approximate surface area is 123 Å². The van der Waals surface area contributed by atoms with Gasteiger partial charge in [-0.1, -0.05) is 30.2 Å². The molecular weight excluding hydrogens is 264 g/mol. The Morgan fingerprint density at radius 3 is 2.86 bits per heavy atom. The number of amides is 1. The van der Waals surface area contributed by atoms with E-state index >= 15 is 0 Å². The van der Waals surface area contributed by atoms with E-state index in [0.717, 1.165) is 30.4 Å². The molecule has 5 heteroatoms. The van der Waals surface area contributed by atoms with Crippen LogP contribution in [0.2, 0.25) is 0 Å². The quantitative estimate of drug-likeness (QED) is 0.747. The number of rotatable bonds is 0. The molecule has 4 rings (SSSR count). The molecule has 110 valence electrons. The average molecular weight is 284 g/mol. The summed E-state index contributed by atoms with van der Waals surface area (Å²) in [5, 5.41) is 8.19. The van der Waals surface area contributed by atoms with Crippen molar-refractivity contribution in [1.82, 2.24) is 19.9 Å². The summed E-state index contributed by atoms with van der Waals surface area (Å²) in [6, 6.07) is 8.06. The highest BCUT2D eigenvalue weighted by Gasteiger charge is 2.36. The molecule has 2 fully saturated rings. The Morgan fingerprint density at radius 2 is 1.90 bits per heavy atom. The predicted octanol–water partition coefficient (Wildman–Crippen LogP) is 3.05. The molecule has 0 spiro atoms. The first kappa shape index (κ1) is 12.8. The minimum Gasteiger partial charge on any atom is -0.320 e. The number of fused-ring (bicyclic) bond motifs is 2. The van der Waals surface area contributed by atoms with Gasteiger partial charge < -0.3 is 4.90 Å². The lowest BCUT2D eigenvalue weighted by Gasteiger charge is -2.43. The molecule has 21 heavy (non-hydrogen) atoms. The Kier molecular flexibility index (Phi) is 3.13. The van der Waals surface area contributed by atoms with Crippen LogP contribution in [0.1, 0.15) is 38.5 Å². The molecule has 2 aliphatic rings. The highest BCUT2D eigenvalue weighted by atomic mass is 16.2. The van der Waals surface area contributed by atoms with Crippen LogP contribution in [0, 0.1) is 5.92 Å². The minimum atomic E-state index is 0.000278. The third-order valence-corrected chi connectivity index (χ3v) is 5.02. The lowest BCUT2D eigenvalue weighted by atomic mass is 9.78. The number of para-hydroxylation sites is 1. The topological polar surface area (TPSA) is 51.0 Å². The third kappa shape index (κ3) is 2.11. The molecule has 0 N–H and O–H groups in total. The fourth-order valence-corrected chi connectivity index (χ4v) is 3.99. The van der Waals surface area contributed by atoms with Gasteiger partial charge in [-0.05, 0) is 43.7 Å². The number of aromatic nitrogens is 3. The average Bonchev–Trinajstić information content (AvgIpc) is 2.98. The number of carbonyl (C=O) groups is 1. The lowest BCUT2D eigenvalue weighted by molar-refractivity contribution is 0.0837. The van der Waals surface area contributed by atoms with E-state index < -0.39 is 0 Å². The van der Waals surface area contributed by atoms with Gasteiger partial charge in [-0.2, -0.15) is 4.68 Å². The second-order valence-corrected chi connectivity index (χ2v) is 6.22. The van der Waals surface area contributed by atoms with Crippen LogP contribution in [-0.2, 0) is 0 Å². The summed E-state index contributed by atoms with van der Waals surface area (Å²) in [4.78, 5) is 15.0. The van der Waals surface area contributed by atoms with Crippen molar-refractivity contribution < 1.29 is 4.79 Å². The number of likely N-dealkylation sites (tertiary alicyclic amines) is 1. The monoisotopic (exact) mass is 284 g/mol. The Bertz CT molecular complexity index is 663. The maximum atomic E-state index is 12.9. The van der Waals surface area contributed by atoms with Crippen LogP contribution >= 0.6 is 0 Å². The van der Waals surface area contributed by atoms with E-state index in [-0.39, 0.29) is 6.03 Å². The number of hydrogen-bond donors (Lipinski definition) is 0. The first-order valence-electron chi connectivity index (χ1n) is 7.96. The molecule has 0 radical (unpaired) electrons. The summed E-state index contributed by atoms with van der Waals surface area (Å²) < 4.78 is 1.48. The molecule has 1 saturated carbocycles. The van der Waals surface area contributed by atoms with Crippen molar-refractivity contribution in [2.24, 2.45) is 5.92 Å². The van der Waals surface area contributed by atoms with Gasteiger partial charge in [-0.15, -0.1) is 5.10 Å². The molecule has 1 saturated heterocycles. The highest BCUT2D eigenvalue weighted by Crippen LogP contribution is 2.35. The zero-order valence-electron chi connectivity index (χ0n) is 12.1. The van der Waals surface area contributed by atoms with Crippen molar-refractivity contribution in [3.8, 4) is 0 Å². The fourth-order valence-electron chi connectivity index (χ4n) is 3.99. The summed E-state index contributed by atoms with van der Waals surface area (Å²) in [6.45, 7) is 0.855. The molecular formula is C16H20N4O. The van der Waals surface area contributed by atoms with Gasteiger partial charge >= 0.3 is 6.03 Å². The van der Waals surface area contributed by atoms with Crippen LogP contribution in [0.3, 0.4) is 0 Å². The van der Waals surface area contributed by atoms with Crippen LogP contribution in [0.4, 0.5) is 4.79 Å². The van der Waals surface area contributed by atoms with E-state index in [1.165, 1.54) is 30.4 Å². The number of carbonyl (C=O) groups excluding carboxylic acids is 1. The molecule has 2 heterocycles. The molecule has 0 bridgehead atoms. The zero-order valence-corrected chi connectivity index (χ0v) is 12.1. The van der Waals surface area contributed by atoms with Crippen molar-refractivity contribution in [3.63, 3.8) is 0 Å². The molecule has 1 aromatic heterocycles. The Morgan fingerprint density at radius 1 is 1.10 bits per heavy atom. The van der Waals surface area contributed by atoms with Gasteiger partial charge in [0.1, 0.15) is 5.52 Å². The van der Waals surface area contributed by atoms with E-state index in [1.807, 2.05) is 24.3 Å². The first-order valence-corrected chi connectivity index (χ1v) is 7.96. The van der Waals surface area contributed by atoms with E-state index in [1.54, 1.807) is 0 Å². The molecule has 5 nitrogen and oxygen atoms in total. The second-order valence-electron chi connectivity index (χ2n) is 6.22. The summed E-state index contributed by atoms with van der Waals surface area (Å²) in [7, 11) is 0. The Balaban J connectivity index is 1.67. The maximum Gasteiger partial charge on any atom is 0.346 e. The maximum absolute atomic E-state index is 12.9. The SMILES string of the molecule is O=C(N1CCCC2CCCCC21)n1nnc2ccccc21. The van der Waals surface area contributed by atoms with Gasteiger partial charge in [-0.3, -0.25) is 0 Å². The normalized spacial score (nSPS) is 25.8. The van der Waals surface area contributed by atoms with Gasteiger partial charge in [0.15, 0.2) is 0 Å². The molecule has 2 unspecified atom stereocenters. The summed E-state index contributed by atoms with van der Waals surface area (Å²) in [6.07, 6.45) is 7.35. The number of hydrogen-bond acceptors (Lipinski definition) is 3. The lowest BCUT2D eigenvalue weighted by Crippen LogP contribution is -2.51. The molecule has 1 aliphatic heterocycles. The highest BCUT2D eigenvalue weighted by molar-refractivity contribution is 5.87. The van der Waals surface area contributed by atoms with Gasteiger partial charge in [0.25, 0.3) is 0 Å². The van der Waals surface area contributed by atoms with Gasteiger partial charge in [0.05, 0.1) is 5.52 Å². The van der Waals surface area contributed by atoms with Gasteiger partial charge in [0, 0.05) is 12.6 Å². The minimum absolute atomic E-state index is 0.000278. The molecule has 1 aliphatic carbocycles. The van der Waals surface area contributed by atoms with E-state index in [4.69, 9.17) is 0 Å². The van der Waals surface area contributed by atoms with Gasteiger partial charge in [-0.25, -0.2) is 4.79 Å². The van der Waals surface area contributed by atoms with E-state index in [0.29, 0.717) is 12.0 Å². The van der Waals surface area contributed by atoms with Crippen molar-refractivity contribution in [2.45, 2.75) is 44.6 Å². The molecule has 2 atom stereocenters. The standard InChI is InChI=1S/C16H20N4O/c21-16(20-15-10-4-2-8-13(15)17-18-20)19-11-5-7-12-6-1-3-9-14(12)19/h2,4,8,10,12,14H,1,3,5-7,9,11H2. The number of nitrogens with zero attached hydrogens (tertiary/aromatic N) is 4. The Hall–Kier alpha value is -1.91. The van der Waals surface area contributed by atoms with Gasteiger partial charge in [0.2, 0.25) is 0 Å². The van der Waals surface area contributed by atoms with Crippen molar-refractivity contribution in [2.75, 3.05) is 6.54 Å². The number of benzene rings is 1. The van der Waals surface area contributed by atoms with Crippen LogP contribution in [-0.4, -0.2) is 38.5 Å². The third-order valence-electron chi connectivity index (χ3n) is 5.02. The zero-order chi connectivity index (χ0) is 14.2. The van der Waals surface area contributed by atoms with Crippen molar-refractivity contribution >= 4 is 17.1 Å². The smallest absolute Gasteiger partial charge is 0.320 e. The molecule has 1 aromatic carbocycles. The summed E-state index contributed by atoms with van der Waals surface area (Å²) >= 11 is 0. The van der Waals surface area contributed by atoms with E-state index in [9.17, 15) is 4.79 Å². The summed E-state index contributed by atoms with van der Waals surface area (Å²) in [5.41, 5.74) is 1.59. The van der Waals surface area contributed by atoms with Crippen molar-refractivity contribution in [1.29, 1.82) is 0 Å². The molecule has 1 amide bonds. The number of piperidine rings is 1. The van der Waals surface area contributed by atoms with Crippen molar-refractivity contribution in [3.05, 3.63) is 24.3 Å². The van der Waals surface area contributed by atoms with E-state index in [2.05, 4.69) is 15.2 Å². The first-order chi connectivity index (χ1) is 10.3. The van der Waals surface area contributed by atoms with Crippen LogP contribution in [0.25, 0.3) is 11.0 Å².